The fourth-order valence-electron chi connectivity index (χ4n) is 2.94. The summed E-state index contributed by atoms with van der Waals surface area (Å²) in [5.41, 5.74) is 2.00. The van der Waals surface area contributed by atoms with Gasteiger partial charge in [0.15, 0.2) is 0 Å². The minimum atomic E-state index is -3.52. The van der Waals surface area contributed by atoms with Crippen molar-refractivity contribution in [1.82, 2.24) is 9.62 Å². The Morgan fingerprint density at radius 3 is 2.65 bits per heavy atom. The van der Waals surface area contributed by atoms with Gasteiger partial charge in [-0.1, -0.05) is 11.6 Å². The summed E-state index contributed by atoms with van der Waals surface area (Å²) in [7, 11) is 1.00. The van der Waals surface area contributed by atoms with Crippen LogP contribution in [0.5, 0.6) is 5.75 Å². The van der Waals surface area contributed by atoms with Gasteiger partial charge in [0.25, 0.3) is 0 Å². The van der Waals surface area contributed by atoms with Crippen molar-refractivity contribution in [2.75, 3.05) is 27.7 Å². The number of rotatable bonds is 8. The summed E-state index contributed by atoms with van der Waals surface area (Å²) in [6, 6.07) is 4.74. The van der Waals surface area contributed by atoms with Crippen molar-refractivity contribution < 1.29 is 17.9 Å². The number of allylic oxidation sites excluding steroid dienone is 1. The molecule has 7 heteroatoms. The summed E-state index contributed by atoms with van der Waals surface area (Å²) in [4.78, 5) is 12.3. The van der Waals surface area contributed by atoms with Crippen LogP contribution in [0.1, 0.15) is 37.7 Å². The van der Waals surface area contributed by atoms with Gasteiger partial charge in [-0.05, 0) is 55.9 Å². The Labute approximate surface area is 156 Å². The van der Waals surface area contributed by atoms with E-state index >= 15 is 0 Å². The lowest BCUT2D eigenvalue weighted by Crippen LogP contribution is -2.26. The Balaban J connectivity index is 2.01. The molecule has 0 unspecified atom stereocenters. The first kappa shape index (κ1) is 20.5. The minimum Gasteiger partial charge on any atom is -0.496 e. The Morgan fingerprint density at radius 2 is 2.04 bits per heavy atom. The molecule has 1 amide bonds. The molecule has 0 aliphatic heterocycles. The van der Waals surface area contributed by atoms with Crippen LogP contribution in [0.25, 0.3) is 0 Å². The maximum atomic E-state index is 12.3. The molecule has 0 saturated heterocycles. The van der Waals surface area contributed by atoms with E-state index in [-0.39, 0.29) is 17.2 Å². The topological polar surface area (TPSA) is 75.7 Å². The van der Waals surface area contributed by atoms with Crippen LogP contribution < -0.4 is 10.1 Å². The fourth-order valence-corrected chi connectivity index (χ4v) is 3.89. The predicted molar refractivity (Wildman–Crippen MR) is 102 cm³/mol. The van der Waals surface area contributed by atoms with Gasteiger partial charge in [0.2, 0.25) is 15.9 Å². The highest BCUT2D eigenvalue weighted by molar-refractivity contribution is 7.89. The van der Waals surface area contributed by atoms with Gasteiger partial charge >= 0.3 is 0 Å². The molecule has 0 radical (unpaired) electrons. The molecule has 1 aromatic rings. The average molecular weight is 381 g/mol. The molecule has 0 aromatic heterocycles. The van der Waals surface area contributed by atoms with Gasteiger partial charge < -0.3 is 10.1 Å². The lowest BCUT2D eigenvalue weighted by molar-refractivity contribution is -0.120. The van der Waals surface area contributed by atoms with Crippen LogP contribution in [0.2, 0.25) is 0 Å². The SMILES string of the molecule is COc1ccc(S(=O)(=O)N(C)C)cc1CCC(=O)NCC1=CCCCC1. The number of benzene rings is 1. The van der Waals surface area contributed by atoms with Crippen LogP contribution in [-0.4, -0.2) is 46.4 Å². The van der Waals surface area contributed by atoms with E-state index in [1.807, 2.05) is 0 Å². The molecule has 0 fully saturated rings. The third-order valence-electron chi connectivity index (χ3n) is 4.55. The van der Waals surface area contributed by atoms with Gasteiger partial charge in [0, 0.05) is 27.1 Å². The molecule has 1 N–H and O–H groups in total. The Morgan fingerprint density at radius 1 is 1.27 bits per heavy atom. The number of carbonyl (C=O) groups excluding carboxylic acids is 1. The molecule has 1 aliphatic rings. The molecule has 0 bridgehead atoms. The van der Waals surface area contributed by atoms with Crippen LogP contribution in [0, 0.1) is 0 Å². The average Bonchev–Trinajstić information content (AvgIpc) is 2.65. The standard InChI is InChI=1S/C19H28N2O4S/c1-21(2)26(23,24)17-10-11-18(25-3)16(13-17)9-12-19(22)20-14-15-7-5-4-6-8-15/h7,10-11,13H,4-6,8-9,12,14H2,1-3H3,(H,20,22). The van der Waals surface area contributed by atoms with E-state index in [1.54, 1.807) is 12.1 Å². The molecule has 6 nitrogen and oxygen atoms in total. The molecule has 0 heterocycles. The van der Waals surface area contributed by atoms with Gasteiger partial charge in [-0.25, -0.2) is 12.7 Å². The van der Waals surface area contributed by atoms with Gasteiger partial charge in [0.05, 0.1) is 12.0 Å². The highest BCUT2D eigenvalue weighted by atomic mass is 32.2. The Bertz CT molecular complexity index is 770. The molecule has 1 aliphatic carbocycles. The van der Waals surface area contributed by atoms with Crippen LogP contribution in [0.15, 0.2) is 34.7 Å². The summed E-state index contributed by atoms with van der Waals surface area (Å²) in [6.45, 7) is 0.602. The molecule has 2 rings (SSSR count). The molecule has 0 saturated carbocycles. The van der Waals surface area contributed by atoms with E-state index in [0.717, 1.165) is 12.8 Å². The van der Waals surface area contributed by atoms with Crippen molar-refractivity contribution in [1.29, 1.82) is 0 Å². The first-order chi connectivity index (χ1) is 12.3. The van der Waals surface area contributed by atoms with Crippen molar-refractivity contribution in [2.45, 2.75) is 43.4 Å². The van der Waals surface area contributed by atoms with Crippen molar-refractivity contribution in [3.05, 3.63) is 35.4 Å². The second kappa shape index (κ2) is 9.19. The fraction of sp³-hybridized carbons (Fsp3) is 0.526. The van der Waals surface area contributed by atoms with E-state index in [9.17, 15) is 13.2 Å². The van der Waals surface area contributed by atoms with E-state index in [2.05, 4.69) is 11.4 Å². The van der Waals surface area contributed by atoms with Crippen LogP contribution in [0.4, 0.5) is 0 Å². The Kier molecular flexibility index (Phi) is 7.23. The Hall–Kier alpha value is -1.86. The van der Waals surface area contributed by atoms with Gasteiger partial charge in [-0.3, -0.25) is 4.79 Å². The molecule has 26 heavy (non-hydrogen) atoms. The maximum Gasteiger partial charge on any atom is 0.242 e. The third-order valence-corrected chi connectivity index (χ3v) is 6.36. The number of methoxy groups -OCH3 is 1. The summed E-state index contributed by atoms with van der Waals surface area (Å²) < 4.78 is 31.1. The minimum absolute atomic E-state index is 0.0422. The van der Waals surface area contributed by atoms with Crippen LogP contribution in [0.3, 0.4) is 0 Å². The number of nitrogens with one attached hydrogen (secondary N) is 1. The van der Waals surface area contributed by atoms with Crippen molar-refractivity contribution in [2.24, 2.45) is 0 Å². The quantitative estimate of drug-likeness (QED) is 0.703. The summed E-state index contributed by atoms with van der Waals surface area (Å²) in [5.74, 6) is 0.546. The lowest BCUT2D eigenvalue weighted by atomic mass is 9.99. The first-order valence-electron chi connectivity index (χ1n) is 8.88. The lowest BCUT2D eigenvalue weighted by Gasteiger charge is -2.15. The molecular weight excluding hydrogens is 352 g/mol. The number of amides is 1. The summed E-state index contributed by atoms with van der Waals surface area (Å²) in [6.07, 6.45) is 7.48. The number of sulfonamides is 1. The highest BCUT2D eigenvalue weighted by Gasteiger charge is 2.19. The molecule has 144 valence electrons. The third kappa shape index (κ3) is 5.32. The van der Waals surface area contributed by atoms with Crippen molar-refractivity contribution >= 4 is 15.9 Å². The normalized spacial score (nSPS) is 14.8. The van der Waals surface area contributed by atoms with Gasteiger partial charge in [-0.15, -0.1) is 0 Å². The molecule has 0 atom stereocenters. The number of ether oxygens (including phenoxy) is 1. The zero-order chi connectivity index (χ0) is 19.2. The van der Waals surface area contributed by atoms with E-state index < -0.39 is 10.0 Å². The first-order valence-corrected chi connectivity index (χ1v) is 10.3. The van der Waals surface area contributed by atoms with Gasteiger partial charge in [0.1, 0.15) is 5.75 Å². The smallest absolute Gasteiger partial charge is 0.242 e. The number of carbonyl (C=O) groups is 1. The number of aryl methyl sites for hydroxylation is 1. The van der Waals surface area contributed by atoms with E-state index in [0.29, 0.717) is 24.3 Å². The second-order valence-electron chi connectivity index (χ2n) is 6.65. The highest BCUT2D eigenvalue weighted by Crippen LogP contribution is 2.25. The second-order valence-corrected chi connectivity index (χ2v) is 8.80. The number of hydrogen-bond acceptors (Lipinski definition) is 4. The van der Waals surface area contributed by atoms with E-state index in [1.165, 1.54) is 50.0 Å². The van der Waals surface area contributed by atoms with Crippen LogP contribution in [-0.2, 0) is 21.2 Å². The van der Waals surface area contributed by atoms with Gasteiger partial charge in [-0.2, -0.15) is 0 Å². The zero-order valence-corrected chi connectivity index (χ0v) is 16.6. The zero-order valence-electron chi connectivity index (χ0n) is 15.7. The molecule has 0 spiro atoms. The number of nitrogens with zero attached hydrogens (tertiary/aromatic N) is 1. The molecule has 1 aromatic carbocycles. The predicted octanol–water partition coefficient (Wildman–Crippen LogP) is 2.49. The van der Waals surface area contributed by atoms with Crippen molar-refractivity contribution in [3.63, 3.8) is 0 Å². The number of hydrogen-bond donors (Lipinski definition) is 1. The largest absolute Gasteiger partial charge is 0.496 e. The summed E-state index contributed by atoms with van der Waals surface area (Å²) >= 11 is 0. The van der Waals surface area contributed by atoms with E-state index in [4.69, 9.17) is 4.74 Å². The monoisotopic (exact) mass is 380 g/mol. The van der Waals surface area contributed by atoms with Crippen LogP contribution >= 0.6 is 0 Å². The maximum absolute atomic E-state index is 12.3. The van der Waals surface area contributed by atoms with Crippen molar-refractivity contribution in [3.8, 4) is 5.75 Å². The summed E-state index contributed by atoms with van der Waals surface area (Å²) in [5, 5.41) is 2.95. The molecular formula is C19H28N2O4S.